The summed E-state index contributed by atoms with van der Waals surface area (Å²) in [6.45, 7) is 0. The van der Waals surface area contributed by atoms with E-state index in [4.69, 9.17) is 0 Å². The average Bonchev–Trinajstić information content (AvgIpc) is 2.76. The number of aliphatic hydroxyl groups is 1. The third-order valence-corrected chi connectivity index (χ3v) is 5.17. The highest BCUT2D eigenvalue weighted by molar-refractivity contribution is 8.01. The molecule has 0 amide bonds. The fraction of sp³-hybridized carbons (Fsp3) is 0.800. The summed E-state index contributed by atoms with van der Waals surface area (Å²) in [6, 6.07) is 0. The van der Waals surface area contributed by atoms with E-state index in [1.807, 2.05) is 7.05 Å². The third-order valence-electron chi connectivity index (χ3n) is 2.91. The van der Waals surface area contributed by atoms with E-state index in [-0.39, 0.29) is 6.10 Å². The van der Waals surface area contributed by atoms with Crippen LogP contribution < -0.4 is 5.32 Å². The van der Waals surface area contributed by atoms with Crippen molar-refractivity contribution in [2.75, 3.05) is 18.1 Å². The lowest BCUT2D eigenvalue weighted by molar-refractivity contribution is 0.0816. The van der Waals surface area contributed by atoms with Crippen molar-refractivity contribution in [3.8, 4) is 0 Å². The van der Waals surface area contributed by atoms with E-state index in [2.05, 4.69) is 15.5 Å². The maximum atomic E-state index is 9.84. The Kier molecular flexibility index (Phi) is 4.43. The van der Waals surface area contributed by atoms with Gasteiger partial charge in [-0.3, -0.25) is 0 Å². The second-order valence-electron chi connectivity index (χ2n) is 4.05. The van der Waals surface area contributed by atoms with Crippen LogP contribution in [0.1, 0.15) is 25.7 Å². The Balaban J connectivity index is 1.81. The molecule has 1 fully saturated rings. The largest absolute Gasteiger partial charge is 0.393 e. The topological polar surface area (TPSA) is 58.0 Å². The zero-order chi connectivity index (χ0) is 11.4. The molecule has 1 saturated carbocycles. The molecule has 1 aromatic rings. The van der Waals surface area contributed by atoms with Crippen molar-refractivity contribution in [1.29, 1.82) is 0 Å². The molecule has 6 heteroatoms. The Morgan fingerprint density at radius 2 is 2.25 bits per heavy atom. The fourth-order valence-corrected chi connectivity index (χ4v) is 3.88. The van der Waals surface area contributed by atoms with E-state index in [0.717, 1.165) is 28.1 Å². The maximum Gasteiger partial charge on any atom is 0.206 e. The standard InChI is InChI=1S/C10H17N3OS2/c1-11-9-12-13-10(16-9)15-6-7-4-2-3-5-8(7)14/h7-8,14H,2-6H2,1H3,(H,11,12). The average molecular weight is 259 g/mol. The van der Waals surface area contributed by atoms with E-state index in [0.29, 0.717) is 5.92 Å². The lowest BCUT2D eigenvalue weighted by Crippen LogP contribution is -2.26. The maximum absolute atomic E-state index is 9.84. The van der Waals surface area contributed by atoms with Crippen molar-refractivity contribution in [1.82, 2.24) is 10.2 Å². The zero-order valence-electron chi connectivity index (χ0n) is 9.35. The van der Waals surface area contributed by atoms with Gasteiger partial charge < -0.3 is 10.4 Å². The van der Waals surface area contributed by atoms with Crippen molar-refractivity contribution in [2.24, 2.45) is 5.92 Å². The van der Waals surface area contributed by atoms with Crippen molar-refractivity contribution in [3.05, 3.63) is 0 Å². The van der Waals surface area contributed by atoms with Gasteiger partial charge in [-0.05, 0) is 18.8 Å². The highest BCUT2D eigenvalue weighted by Crippen LogP contribution is 2.32. The number of rotatable bonds is 4. The highest BCUT2D eigenvalue weighted by atomic mass is 32.2. The summed E-state index contributed by atoms with van der Waals surface area (Å²) in [6.07, 6.45) is 4.41. The molecule has 0 spiro atoms. The Bertz CT molecular complexity index is 332. The van der Waals surface area contributed by atoms with Crippen LogP contribution in [0, 0.1) is 5.92 Å². The third kappa shape index (κ3) is 3.09. The van der Waals surface area contributed by atoms with Gasteiger partial charge in [0.15, 0.2) is 4.34 Å². The normalized spacial score (nSPS) is 25.6. The fourth-order valence-electron chi connectivity index (χ4n) is 1.93. The van der Waals surface area contributed by atoms with Crippen LogP contribution in [0.25, 0.3) is 0 Å². The van der Waals surface area contributed by atoms with Crippen LogP contribution in [0.3, 0.4) is 0 Å². The Morgan fingerprint density at radius 3 is 2.94 bits per heavy atom. The van der Waals surface area contributed by atoms with Gasteiger partial charge in [-0.25, -0.2) is 0 Å². The van der Waals surface area contributed by atoms with Gasteiger partial charge in [0.05, 0.1) is 6.10 Å². The van der Waals surface area contributed by atoms with Gasteiger partial charge in [-0.1, -0.05) is 35.9 Å². The minimum atomic E-state index is -0.113. The van der Waals surface area contributed by atoms with E-state index in [1.165, 1.54) is 12.8 Å². The first-order valence-corrected chi connectivity index (χ1v) is 7.42. The van der Waals surface area contributed by atoms with Gasteiger partial charge in [0, 0.05) is 12.8 Å². The van der Waals surface area contributed by atoms with E-state index < -0.39 is 0 Å². The van der Waals surface area contributed by atoms with Gasteiger partial charge in [0.1, 0.15) is 0 Å². The van der Waals surface area contributed by atoms with Crippen LogP contribution in [0.5, 0.6) is 0 Å². The number of hydrogen-bond donors (Lipinski definition) is 2. The summed E-state index contributed by atoms with van der Waals surface area (Å²) < 4.78 is 0.988. The first kappa shape index (κ1) is 12.1. The monoisotopic (exact) mass is 259 g/mol. The number of hydrogen-bond acceptors (Lipinski definition) is 6. The summed E-state index contributed by atoms with van der Waals surface area (Å²) in [4.78, 5) is 0. The molecule has 1 aliphatic rings. The molecule has 0 saturated heterocycles. The quantitative estimate of drug-likeness (QED) is 0.812. The van der Waals surface area contributed by atoms with E-state index in [9.17, 15) is 5.11 Å². The van der Waals surface area contributed by atoms with Crippen LogP contribution in [0.2, 0.25) is 0 Å². The summed E-state index contributed by atoms with van der Waals surface area (Å²) in [5.74, 6) is 1.39. The van der Waals surface area contributed by atoms with E-state index in [1.54, 1.807) is 23.1 Å². The molecule has 1 heterocycles. The number of thioether (sulfide) groups is 1. The number of aromatic nitrogens is 2. The van der Waals surface area contributed by atoms with Crippen molar-refractivity contribution < 1.29 is 5.11 Å². The second-order valence-corrected chi connectivity index (χ2v) is 6.29. The van der Waals surface area contributed by atoms with Crippen LogP contribution >= 0.6 is 23.1 Å². The molecule has 90 valence electrons. The molecular formula is C10H17N3OS2. The van der Waals surface area contributed by atoms with Gasteiger partial charge in [-0.15, -0.1) is 10.2 Å². The molecule has 16 heavy (non-hydrogen) atoms. The molecule has 1 aliphatic carbocycles. The molecule has 2 unspecified atom stereocenters. The first-order valence-electron chi connectivity index (χ1n) is 5.61. The molecule has 1 aromatic heterocycles. The van der Waals surface area contributed by atoms with Gasteiger partial charge in [0.25, 0.3) is 0 Å². The highest BCUT2D eigenvalue weighted by Gasteiger charge is 2.23. The van der Waals surface area contributed by atoms with Crippen molar-refractivity contribution in [3.63, 3.8) is 0 Å². The molecule has 0 radical (unpaired) electrons. The molecule has 2 N–H and O–H groups in total. The molecule has 4 nitrogen and oxygen atoms in total. The predicted molar refractivity (Wildman–Crippen MR) is 68.1 cm³/mol. The smallest absolute Gasteiger partial charge is 0.206 e. The van der Waals surface area contributed by atoms with Gasteiger partial charge in [0.2, 0.25) is 5.13 Å². The Morgan fingerprint density at radius 1 is 1.44 bits per heavy atom. The predicted octanol–water partition coefficient (Wildman–Crippen LogP) is 2.22. The van der Waals surface area contributed by atoms with E-state index >= 15 is 0 Å². The minimum absolute atomic E-state index is 0.113. The zero-order valence-corrected chi connectivity index (χ0v) is 11.0. The minimum Gasteiger partial charge on any atom is -0.393 e. The summed E-state index contributed by atoms with van der Waals surface area (Å²) in [5.41, 5.74) is 0. The number of nitrogens with one attached hydrogen (secondary N) is 1. The SMILES string of the molecule is CNc1nnc(SCC2CCCCC2O)s1. The van der Waals surface area contributed by atoms with Crippen LogP contribution in [-0.2, 0) is 0 Å². The summed E-state index contributed by atoms with van der Waals surface area (Å²) >= 11 is 3.28. The van der Waals surface area contributed by atoms with Crippen molar-refractivity contribution in [2.45, 2.75) is 36.1 Å². The molecule has 2 atom stereocenters. The molecule has 2 rings (SSSR count). The molecule has 0 aliphatic heterocycles. The molecule has 0 bridgehead atoms. The van der Waals surface area contributed by atoms with Crippen LogP contribution in [-0.4, -0.2) is 34.2 Å². The second kappa shape index (κ2) is 5.84. The number of aliphatic hydroxyl groups excluding tert-OH is 1. The molecular weight excluding hydrogens is 242 g/mol. The van der Waals surface area contributed by atoms with Crippen molar-refractivity contribution >= 4 is 28.2 Å². The van der Waals surface area contributed by atoms with Gasteiger partial charge >= 0.3 is 0 Å². The lowest BCUT2D eigenvalue weighted by atomic mass is 9.88. The number of anilines is 1. The number of nitrogens with zero attached hydrogens (tertiary/aromatic N) is 2. The first-order chi connectivity index (χ1) is 7.79. The summed E-state index contributed by atoms with van der Waals surface area (Å²) in [5, 5.41) is 21.7. The Hall–Kier alpha value is -0.330. The van der Waals surface area contributed by atoms with Gasteiger partial charge in [-0.2, -0.15) is 0 Å². The Labute approximate surface area is 104 Å². The van der Waals surface area contributed by atoms with Crippen LogP contribution in [0.15, 0.2) is 4.34 Å². The van der Waals surface area contributed by atoms with Crippen LogP contribution in [0.4, 0.5) is 5.13 Å². The molecule has 0 aromatic carbocycles. The summed E-state index contributed by atoms with van der Waals surface area (Å²) in [7, 11) is 1.85. The lowest BCUT2D eigenvalue weighted by Gasteiger charge is -2.26.